The summed E-state index contributed by atoms with van der Waals surface area (Å²) in [6.45, 7) is 0.342. The molecule has 4 aromatic carbocycles. The second-order valence-electron chi connectivity index (χ2n) is 7.30. The molecule has 0 aromatic heterocycles. The Hall–Kier alpha value is -2.67. The van der Waals surface area contributed by atoms with Crippen LogP contribution in [0.3, 0.4) is 0 Å². The van der Waals surface area contributed by atoms with Crippen LogP contribution < -0.4 is 10.2 Å². The van der Waals surface area contributed by atoms with Crippen LogP contribution in [0.25, 0.3) is 10.8 Å². The monoisotopic (exact) mass is 584 g/mol. The van der Waals surface area contributed by atoms with E-state index < -0.39 is 0 Å². The van der Waals surface area contributed by atoms with Crippen LogP contribution in [0.5, 0.6) is 5.75 Å². The maximum atomic E-state index is 12.4. The largest absolute Gasteiger partial charge is 0.486 e. The third kappa shape index (κ3) is 6.02. The number of benzene rings is 4. The summed E-state index contributed by atoms with van der Waals surface area (Å²) in [5.74, 6) is 0.479. The van der Waals surface area contributed by atoms with Crippen molar-refractivity contribution in [2.75, 3.05) is 0 Å². The molecule has 0 saturated carbocycles. The third-order valence-electron chi connectivity index (χ3n) is 4.98. The maximum Gasteiger partial charge on any atom is 0.244 e. The van der Waals surface area contributed by atoms with Gasteiger partial charge in [0.05, 0.1) is 21.6 Å². The van der Waals surface area contributed by atoms with Crippen molar-refractivity contribution in [1.29, 1.82) is 0 Å². The van der Waals surface area contributed by atoms with Crippen molar-refractivity contribution in [3.05, 3.63) is 110 Å². The van der Waals surface area contributed by atoms with Crippen LogP contribution in [-0.2, 0) is 17.8 Å². The lowest BCUT2D eigenvalue weighted by Gasteiger charge is -2.12. The molecule has 0 fully saturated rings. The molecular weight excluding hydrogens is 568 g/mol. The van der Waals surface area contributed by atoms with E-state index in [4.69, 9.17) is 16.3 Å². The molecule has 0 heterocycles. The molecule has 1 N–H and O–H groups in total. The van der Waals surface area contributed by atoms with Gasteiger partial charge in [-0.25, -0.2) is 5.43 Å². The summed E-state index contributed by atoms with van der Waals surface area (Å²) in [5.41, 5.74) is 5.27. The average Bonchev–Trinajstić information content (AvgIpc) is 2.80. The Morgan fingerprint density at radius 2 is 1.61 bits per heavy atom. The molecule has 0 atom stereocenters. The summed E-state index contributed by atoms with van der Waals surface area (Å²) >= 11 is 13.3. The van der Waals surface area contributed by atoms with Crippen LogP contribution >= 0.6 is 43.5 Å². The number of hydrogen-bond acceptors (Lipinski definition) is 3. The molecule has 4 nitrogen and oxygen atoms in total. The molecule has 0 aliphatic carbocycles. The fourth-order valence-electron chi connectivity index (χ4n) is 3.40. The summed E-state index contributed by atoms with van der Waals surface area (Å²) in [7, 11) is 0. The van der Waals surface area contributed by atoms with Gasteiger partial charge < -0.3 is 4.74 Å². The molecule has 0 bridgehead atoms. The van der Waals surface area contributed by atoms with Crippen molar-refractivity contribution >= 4 is 66.4 Å². The highest BCUT2D eigenvalue weighted by Gasteiger charge is 2.10. The van der Waals surface area contributed by atoms with Gasteiger partial charge >= 0.3 is 0 Å². The Kier molecular flexibility index (Phi) is 7.81. The van der Waals surface area contributed by atoms with Gasteiger partial charge in [0.1, 0.15) is 12.4 Å². The smallest absolute Gasteiger partial charge is 0.244 e. The topological polar surface area (TPSA) is 50.7 Å². The van der Waals surface area contributed by atoms with E-state index >= 15 is 0 Å². The van der Waals surface area contributed by atoms with Gasteiger partial charge in [-0.2, -0.15) is 5.10 Å². The number of fused-ring (bicyclic) bond motifs is 1. The minimum atomic E-state index is -0.180. The van der Waals surface area contributed by atoms with Gasteiger partial charge in [0.15, 0.2) is 0 Å². The van der Waals surface area contributed by atoms with E-state index in [1.54, 1.807) is 6.21 Å². The van der Waals surface area contributed by atoms with E-state index in [0.29, 0.717) is 17.4 Å². The Morgan fingerprint density at radius 3 is 2.39 bits per heavy atom. The van der Waals surface area contributed by atoms with Gasteiger partial charge in [-0.1, -0.05) is 72.3 Å². The van der Waals surface area contributed by atoms with E-state index in [2.05, 4.69) is 42.4 Å². The number of hydrazone groups is 1. The zero-order valence-electron chi connectivity index (χ0n) is 17.4. The number of rotatable bonds is 7. The first kappa shape index (κ1) is 23.5. The normalized spacial score (nSPS) is 11.1. The number of ether oxygens (including phenoxy) is 1. The van der Waals surface area contributed by atoms with Crippen molar-refractivity contribution in [2.45, 2.75) is 13.0 Å². The summed E-state index contributed by atoms with van der Waals surface area (Å²) in [4.78, 5) is 12.4. The Morgan fingerprint density at radius 1 is 0.939 bits per heavy atom. The highest BCUT2D eigenvalue weighted by molar-refractivity contribution is 9.11. The van der Waals surface area contributed by atoms with Crippen molar-refractivity contribution in [2.24, 2.45) is 5.10 Å². The molecule has 4 rings (SSSR count). The van der Waals surface area contributed by atoms with Gasteiger partial charge in [-0.05, 0) is 72.0 Å². The van der Waals surface area contributed by atoms with Gasteiger partial charge in [-0.15, -0.1) is 0 Å². The first-order chi connectivity index (χ1) is 16.0. The highest BCUT2D eigenvalue weighted by atomic mass is 79.9. The molecular formula is C26H19Br2ClN2O2. The van der Waals surface area contributed by atoms with Crippen LogP contribution in [0.4, 0.5) is 0 Å². The Balaban J connectivity index is 1.39. The molecule has 0 aliphatic rings. The lowest BCUT2D eigenvalue weighted by atomic mass is 10.0. The Bertz CT molecular complexity index is 1310. The molecule has 1 amide bonds. The molecule has 0 radical (unpaired) electrons. The lowest BCUT2D eigenvalue weighted by molar-refractivity contribution is -0.120. The van der Waals surface area contributed by atoms with Crippen LogP contribution in [0.1, 0.15) is 16.7 Å². The molecule has 166 valence electrons. The SMILES string of the molecule is O=C(Cc1cccc2ccccc12)N/N=C\c1cc(Br)c(OCc2ccccc2Cl)c(Br)c1. The Labute approximate surface area is 213 Å². The second-order valence-corrected chi connectivity index (χ2v) is 9.42. The zero-order valence-corrected chi connectivity index (χ0v) is 21.3. The molecule has 0 spiro atoms. The van der Waals surface area contributed by atoms with Crippen molar-refractivity contribution < 1.29 is 9.53 Å². The number of halogens is 3. The van der Waals surface area contributed by atoms with Gasteiger partial charge in [0.2, 0.25) is 5.91 Å². The minimum absolute atomic E-state index is 0.180. The minimum Gasteiger partial charge on any atom is -0.486 e. The maximum absolute atomic E-state index is 12.4. The summed E-state index contributed by atoms with van der Waals surface area (Å²) in [6.07, 6.45) is 1.84. The predicted molar refractivity (Wildman–Crippen MR) is 141 cm³/mol. The molecule has 33 heavy (non-hydrogen) atoms. The van der Waals surface area contributed by atoms with Gasteiger partial charge in [0.25, 0.3) is 0 Å². The number of amides is 1. The third-order valence-corrected chi connectivity index (χ3v) is 6.53. The van der Waals surface area contributed by atoms with Crippen molar-refractivity contribution in [3.8, 4) is 5.75 Å². The quantitative estimate of drug-likeness (QED) is 0.183. The summed E-state index contributed by atoms with van der Waals surface area (Å²) in [6, 6.07) is 25.3. The number of carbonyl (C=O) groups is 1. The van der Waals surface area contributed by atoms with E-state index in [1.165, 1.54) is 0 Å². The first-order valence-electron chi connectivity index (χ1n) is 10.1. The molecule has 4 aromatic rings. The molecule has 0 unspecified atom stereocenters. The van der Waals surface area contributed by atoms with Gasteiger partial charge in [-0.3, -0.25) is 4.79 Å². The summed E-state index contributed by atoms with van der Waals surface area (Å²) in [5, 5.41) is 6.95. The number of carbonyl (C=O) groups excluding carboxylic acids is 1. The molecule has 7 heteroatoms. The second kappa shape index (κ2) is 11.0. The van der Waals surface area contributed by atoms with Crippen LogP contribution in [0, 0.1) is 0 Å². The fraction of sp³-hybridized carbons (Fsp3) is 0.0769. The predicted octanol–water partition coefficient (Wildman–Crippen LogP) is 7.29. The van der Waals surface area contributed by atoms with E-state index in [9.17, 15) is 4.79 Å². The number of nitrogens with one attached hydrogen (secondary N) is 1. The van der Waals surface area contributed by atoms with Gasteiger partial charge in [0, 0.05) is 10.6 Å². The van der Waals surface area contributed by atoms with Crippen molar-refractivity contribution in [1.82, 2.24) is 5.43 Å². The molecule has 0 aliphatic heterocycles. The van der Waals surface area contributed by atoms with E-state index in [-0.39, 0.29) is 12.3 Å². The van der Waals surface area contributed by atoms with Crippen molar-refractivity contribution in [3.63, 3.8) is 0 Å². The van der Waals surface area contributed by atoms with E-state index in [0.717, 1.165) is 36.4 Å². The highest BCUT2D eigenvalue weighted by Crippen LogP contribution is 2.35. The fourth-order valence-corrected chi connectivity index (χ4v) is 5.04. The van der Waals surface area contributed by atoms with Crippen LogP contribution in [0.15, 0.2) is 92.9 Å². The van der Waals surface area contributed by atoms with Crippen LogP contribution in [0.2, 0.25) is 5.02 Å². The van der Waals surface area contributed by atoms with E-state index in [1.807, 2.05) is 78.9 Å². The molecule has 0 saturated heterocycles. The number of nitrogens with zero attached hydrogens (tertiary/aromatic N) is 1. The summed E-state index contributed by atoms with van der Waals surface area (Å²) < 4.78 is 7.46. The zero-order chi connectivity index (χ0) is 23.2. The number of hydrogen-bond donors (Lipinski definition) is 1. The van der Waals surface area contributed by atoms with Crippen LogP contribution in [-0.4, -0.2) is 12.1 Å². The standard InChI is InChI=1S/C26H19Br2ClN2O2/c27-22-12-17(13-23(28)26(22)33-16-20-7-2-4-11-24(20)29)15-30-31-25(32)14-19-9-5-8-18-6-1-3-10-21(18)19/h1-13,15H,14,16H2,(H,31,32)/b30-15-. The average molecular weight is 587 g/mol. The lowest BCUT2D eigenvalue weighted by Crippen LogP contribution is -2.19. The first-order valence-corrected chi connectivity index (χ1v) is 12.1.